The molecule has 2 saturated heterocycles. The summed E-state index contributed by atoms with van der Waals surface area (Å²) in [6, 6.07) is -0.405. The van der Waals surface area contributed by atoms with E-state index in [2.05, 4.69) is 10.6 Å². The van der Waals surface area contributed by atoms with Gasteiger partial charge in [-0.05, 0) is 39.5 Å². The second-order valence-corrected chi connectivity index (χ2v) is 7.43. The molecule has 2 heterocycles. The van der Waals surface area contributed by atoms with E-state index in [0.29, 0.717) is 38.8 Å². The molecule has 2 aliphatic rings. The van der Waals surface area contributed by atoms with Gasteiger partial charge in [-0.3, -0.25) is 19.3 Å². The minimum atomic E-state index is -0.890. The van der Waals surface area contributed by atoms with E-state index in [1.165, 1.54) is 0 Å². The van der Waals surface area contributed by atoms with Crippen molar-refractivity contribution in [3.63, 3.8) is 0 Å². The molecular formula is C18H30N4O4. The van der Waals surface area contributed by atoms with Crippen LogP contribution in [0, 0.1) is 5.92 Å². The maximum absolute atomic E-state index is 12.6. The number of hydrogen-bond acceptors (Lipinski definition) is 4. The van der Waals surface area contributed by atoms with Crippen LogP contribution in [0.4, 0.5) is 4.79 Å². The Morgan fingerprint density at radius 3 is 2.23 bits per heavy atom. The van der Waals surface area contributed by atoms with Crippen LogP contribution in [-0.4, -0.2) is 64.8 Å². The largest absolute Gasteiger partial charge is 0.354 e. The van der Waals surface area contributed by atoms with Crippen molar-refractivity contribution in [2.45, 2.75) is 65.0 Å². The Hall–Kier alpha value is -2.12. The third-order valence-electron chi connectivity index (χ3n) is 5.40. The van der Waals surface area contributed by atoms with Gasteiger partial charge in [-0.25, -0.2) is 4.79 Å². The SMILES string of the molecule is CCC1(CC)NC(=O)N(CC(=O)N2CCC(C(=O)NC(C)C)CC2)C1=O. The number of carbonyl (C=O) groups is 4. The highest BCUT2D eigenvalue weighted by molar-refractivity contribution is 6.09. The Kier molecular flexibility index (Phi) is 6.26. The molecule has 8 heteroatoms. The lowest BCUT2D eigenvalue weighted by Gasteiger charge is -2.32. The molecule has 2 aliphatic heterocycles. The fourth-order valence-corrected chi connectivity index (χ4v) is 3.58. The number of piperidine rings is 1. The highest BCUT2D eigenvalue weighted by Crippen LogP contribution is 2.25. The number of amides is 5. The Morgan fingerprint density at radius 1 is 1.19 bits per heavy atom. The summed E-state index contributed by atoms with van der Waals surface area (Å²) < 4.78 is 0. The van der Waals surface area contributed by atoms with Crippen LogP contribution in [0.5, 0.6) is 0 Å². The van der Waals surface area contributed by atoms with Crippen molar-refractivity contribution in [2.24, 2.45) is 5.92 Å². The number of carbonyl (C=O) groups excluding carboxylic acids is 4. The van der Waals surface area contributed by atoms with Gasteiger partial charge < -0.3 is 15.5 Å². The van der Waals surface area contributed by atoms with Gasteiger partial charge in [0.05, 0.1) is 0 Å². The summed E-state index contributed by atoms with van der Waals surface area (Å²) >= 11 is 0. The van der Waals surface area contributed by atoms with E-state index in [1.54, 1.807) is 4.90 Å². The van der Waals surface area contributed by atoms with Crippen LogP contribution in [0.15, 0.2) is 0 Å². The summed E-state index contributed by atoms with van der Waals surface area (Å²) in [5.41, 5.74) is -0.890. The molecule has 0 bridgehead atoms. The van der Waals surface area contributed by atoms with Crippen molar-refractivity contribution in [2.75, 3.05) is 19.6 Å². The zero-order valence-electron chi connectivity index (χ0n) is 16.1. The summed E-state index contributed by atoms with van der Waals surface area (Å²) in [7, 11) is 0. The van der Waals surface area contributed by atoms with E-state index >= 15 is 0 Å². The van der Waals surface area contributed by atoms with Gasteiger partial charge in [0.2, 0.25) is 11.8 Å². The van der Waals surface area contributed by atoms with Gasteiger partial charge in [0.1, 0.15) is 12.1 Å². The lowest BCUT2D eigenvalue weighted by atomic mass is 9.93. The van der Waals surface area contributed by atoms with Crippen LogP contribution < -0.4 is 10.6 Å². The predicted octanol–water partition coefficient (Wildman–Crippen LogP) is 0.860. The molecule has 0 aliphatic carbocycles. The highest BCUT2D eigenvalue weighted by Gasteiger charge is 2.49. The maximum Gasteiger partial charge on any atom is 0.325 e. The molecule has 8 nitrogen and oxygen atoms in total. The van der Waals surface area contributed by atoms with Gasteiger partial charge in [-0.2, -0.15) is 0 Å². The van der Waals surface area contributed by atoms with E-state index in [-0.39, 0.29) is 36.2 Å². The number of hydrogen-bond donors (Lipinski definition) is 2. The lowest BCUT2D eigenvalue weighted by molar-refractivity contribution is -0.140. The molecule has 0 radical (unpaired) electrons. The maximum atomic E-state index is 12.6. The lowest BCUT2D eigenvalue weighted by Crippen LogP contribution is -2.49. The second-order valence-electron chi connectivity index (χ2n) is 7.43. The second kappa shape index (κ2) is 8.05. The first-order valence-corrected chi connectivity index (χ1v) is 9.46. The molecule has 0 atom stereocenters. The van der Waals surface area contributed by atoms with E-state index in [0.717, 1.165) is 4.90 Å². The van der Waals surface area contributed by atoms with Crippen LogP contribution in [0.3, 0.4) is 0 Å². The van der Waals surface area contributed by atoms with Crippen LogP contribution in [-0.2, 0) is 14.4 Å². The fourth-order valence-electron chi connectivity index (χ4n) is 3.58. The number of nitrogens with one attached hydrogen (secondary N) is 2. The molecule has 0 saturated carbocycles. The Balaban J connectivity index is 1.91. The first-order valence-electron chi connectivity index (χ1n) is 9.46. The molecule has 26 heavy (non-hydrogen) atoms. The Bertz CT molecular complexity index is 578. The first kappa shape index (κ1) is 20.2. The molecular weight excluding hydrogens is 336 g/mol. The van der Waals surface area contributed by atoms with E-state index in [1.807, 2.05) is 27.7 Å². The zero-order valence-corrected chi connectivity index (χ0v) is 16.1. The van der Waals surface area contributed by atoms with Crippen molar-refractivity contribution in [1.82, 2.24) is 20.4 Å². The average molecular weight is 366 g/mol. The van der Waals surface area contributed by atoms with E-state index in [9.17, 15) is 19.2 Å². The standard InChI is InChI=1S/C18H30N4O4/c1-5-18(6-2)16(25)22(17(26)20-18)11-14(23)21-9-7-13(8-10-21)15(24)19-12(3)4/h12-13H,5-11H2,1-4H3,(H,19,24)(H,20,26). The predicted molar refractivity (Wildman–Crippen MR) is 96.1 cm³/mol. The quantitative estimate of drug-likeness (QED) is 0.681. The van der Waals surface area contributed by atoms with Gasteiger partial charge in [-0.15, -0.1) is 0 Å². The molecule has 0 aromatic carbocycles. The number of nitrogens with zero attached hydrogens (tertiary/aromatic N) is 2. The van der Waals surface area contributed by atoms with Crippen molar-refractivity contribution < 1.29 is 19.2 Å². The number of urea groups is 1. The molecule has 2 N–H and O–H groups in total. The minimum absolute atomic E-state index is 0.0249. The van der Waals surface area contributed by atoms with E-state index < -0.39 is 11.6 Å². The summed E-state index contributed by atoms with van der Waals surface area (Å²) in [5, 5.41) is 5.63. The third kappa shape index (κ3) is 3.99. The summed E-state index contributed by atoms with van der Waals surface area (Å²) in [6.45, 7) is 8.22. The smallest absolute Gasteiger partial charge is 0.325 e. The molecule has 0 aromatic heterocycles. The Labute approximate surface area is 154 Å². The summed E-state index contributed by atoms with van der Waals surface area (Å²) in [5.74, 6) is -0.644. The van der Waals surface area contributed by atoms with Gasteiger partial charge >= 0.3 is 6.03 Å². The third-order valence-corrected chi connectivity index (χ3v) is 5.40. The van der Waals surface area contributed by atoms with Gasteiger partial charge in [-0.1, -0.05) is 13.8 Å². The minimum Gasteiger partial charge on any atom is -0.354 e. The van der Waals surface area contributed by atoms with Crippen molar-refractivity contribution >= 4 is 23.8 Å². The van der Waals surface area contributed by atoms with Crippen LogP contribution >= 0.6 is 0 Å². The van der Waals surface area contributed by atoms with Crippen LogP contribution in [0.1, 0.15) is 53.4 Å². The van der Waals surface area contributed by atoms with Gasteiger partial charge in [0.25, 0.3) is 5.91 Å². The zero-order chi connectivity index (χ0) is 19.5. The highest BCUT2D eigenvalue weighted by atomic mass is 16.2. The monoisotopic (exact) mass is 366 g/mol. The molecule has 5 amide bonds. The van der Waals surface area contributed by atoms with Gasteiger partial charge in [0.15, 0.2) is 0 Å². The molecule has 2 rings (SSSR count). The van der Waals surface area contributed by atoms with Crippen LogP contribution in [0.25, 0.3) is 0 Å². The first-order chi connectivity index (χ1) is 12.2. The molecule has 2 fully saturated rings. The number of likely N-dealkylation sites (tertiary alicyclic amines) is 1. The summed E-state index contributed by atoms with van der Waals surface area (Å²) in [4.78, 5) is 52.0. The van der Waals surface area contributed by atoms with Crippen molar-refractivity contribution in [1.29, 1.82) is 0 Å². The normalized spacial score (nSPS) is 20.5. The van der Waals surface area contributed by atoms with Crippen molar-refractivity contribution in [3.8, 4) is 0 Å². The molecule has 0 aromatic rings. The average Bonchev–Trinajstić information content (AvgIpc) is 2.85. The van der Waals surface area contributed by atoms with Crippen LogP contribution in [0.2, 0.25) is 0 Å². The Morgan fingerprint density at radius 2 is 1.77 bits per heavy atom. The van der Waals surface area contributed by atoms with E-state index in [4.69, 9.17) is 0 Å². The fraction of sp³-hybridized carbons (Fsp3) is 0.778. The topological polar surface area (TPSA) is 98.8 Å². The molecule has 0 spiro atoms. The number of imide groups is 1. The van der Waals surface area contributed by atoms with Gasteiger partial charge in [0, 0.05) is 25.0 Å². The molecule has 146 valence electrons. The molecule has 0 unspecified atom stereocenters. The number of rotatable bonds is 6. The van der Waals surface area contributed by atoms with Crippen molar-refractivity contribution in [3.05, 3.63) is 0 Å². The summed E-state index contributed by atoms with van der Waals surface area (Å²) in [6.07, 6.45) is 2.18.